The summed E-state index contributed by atoms with van der Waals surface area (Å²) in [6.07, 6.45) is 4.66. The monoisotopic (exact) mass is 339 g/mol. The van der Waals surface area contributed by atoms with Crippen LogP contribution >= 0.6 is 0 Å². The largest absolute Gasteiger partial charge is 0.467 e. The van der Waals surface area contributed by atoms with Gasteiger partial charge in [0.15, 0.2) is 0 Å². The fourth-order valence-electron chi connectivity index (χ4n) is 3.66. The lowest BCUT2D eigenvalue weighted by Gasteiger charge is -2.41. The molecule has 2 aliphatic rings. The fourth-order valence-corrected chi connectivity index (χ4v) is 3.66. The number of hydrogen-bond acceptors (Lipinski definition) is 4. The number of nitrogens with one attached hydrogen (secondary N) is 1. The summed E-state index contributed by atoms with van der Waals surface area (Å²) in [4.78, 5) is 28.8. The van der Waals surface area contributed by atoms with Crippen molar-refractivity contribution >= 4 is 23.2 Å². The molecule has 1 saturated heterocycles. The maximum atomic E-state index is 12.7. The Morgan fingerprint density at radius 3 is 3.04 bits per heavy atom. The molecule has 0 spiro atoms. The molecular formula is C19H21N3O3. The molecule has 1 aromatic heterocycles. The van der Waals surface area contributed by atoms with Gasteiger partial charge in [0.1, 0.15) is 11.8 Å². The smallest absolute Gasteiger partial charge is 0.254 e. The number of piperidine rings is 1. The Morgan fingerprint density at radius 2 is 2.24 bits per heavy atom. The van der Waals surface area contributed by atoms with Crippen LogP contribution in [0.4, 0.5) is 11.4 Å². The highest BCUT2D eigenvalue weighted by Gasteiger charge is 2.34. The van der Waals surface area contributed by atoms with Crippen LogP contribution in [0.5, 0.6) is 0 Å². The van der Waals surface area contributed by atoms with Crippen molar-refractivity contribution in [3.63, 3.8) is 0 Å². The van der Waals surface area contributed by atoms with E-state index in [1.807, 2.05) is 18.2 Å². The Balaban J connectivity index is 1.57. The standard InChI is InChI=1S/C19H21N3O3/c1-21(12-14-5-4-10-25-14)19(24)13-7-8-16-15(11-13)20-18(23)17-6-2-3-9-22(16)17/h4-5,7-8,10-11,17H,2-3,6,9,12H2,1H3,(H,20,23). The number of rotatable bonds is 3. The average molecular weight is 339 g/mol. The maximum Gasteiger partial charge on any atom is 0.254 e. The topological polar surface area (TPSA) is 65.8 Å². The Bertz CT molecular complexity index is 800. The van der Waals surface area contributed by atoms with E-state index >= 15 is 0 Å². The lowest BCUT2D eigenvalue weighted by molar-refractivity contribution is -0.118. The zero-order chi connectivity index (χ0) is 17.4. The molecule has 6 nitrogen and oxygen atoms in total. The van der Waals surface area contributed by atoms with Gasteiger partial charge in [-0.1, -0.05) is 0 Å². The van der Waals surface area contributed by atoms with Crippen molar-refractivity contribution in [2.45, 2.75) is 31.8 Å². The third-order valence-corrected chi connectivity index (χ3v) is 4.94. The third kappa shape index (κ3) is 2.88. The van der Waals surface area contributed by atoms with E-state index in [0.717, 1.165) is 42.9 Å². The number of nitrogens with zero attached hydrogens (tertiary/aromatic N) is 2. The van der Waals surface area contributed by atoms with E-state index in [4.69, 9.17) is 4.42 Å². The molecule has 25 heavy (non-hydrogen) atoms. The summed E-state index contributed by atoms with van der Waals surface area (Å²) >= 11 is 0. The molecule has 0 saturated carbocycles. The SMILES string of the molecule is CN(Cc1ccco1)C(=O)c1ccc2c(c1)NC(=O)C1CCCCN21. The lowest BCUT2D eigenvalue weighted by atomic mass is 9.96. The van der Waals surface area contributed by atoms with Crippen molar-refractivity contribution in [2.75, 3.05) is 23.8 Å². The minimum Gasteiger partial charge on any atom is -0.467 e. The van der Waals surface area contributed by atoms with Gasteiger partial charge < -0.3 is 19.5 Å². The van der Waals surface area contributed by atoms with Crippen molar-refractivity contribution in [1.82, 2.24) is 4.90 Å². The van der Waals surface area contributed by atoms with Gasteiger partial charge in [0.25, 0.3) is 5.91 Å². The molecule has 4 rings (SSSR count). The van der Waals surface area contributed by atoms with Crippen molar-refractivity contribution in [1.29, 1.82) is 0 Å². The van der Waals surface area contributed by atoms with Crippen LogP contribution in [-0.2, 0) is 11.3 Å². The normalized spacial score (nSPS) is 19.0. The van der Waals surface area contributed by atoms with E-state index in [-0.39, 0.29) is 17.9 Å². The van der Waals surface area contributed by atoms with Gasteiger partial charge >= 0.3 is 0 Å². The molecule has 2 aliphatic heterocycles. The second-order valence-corrected chi connectivity index (χ2v) is 6.67. The summed E-state index contributed by atoms with van der Waals surface area (Å²) in [7, 11) is 1.74. The quantitative estimate of drug-likeness (QED) is 0.934. The predicted molar refractivity (Wildman–Crippen MR) is 94.6 cm³/mol. The molecular weight excluding hydrogens is 318 g/mol. The number of fused-ring (bicyclic) bond motifs is 3. The van der Waals surface area contributed by atoms with Gasteiger partial charge in [-0.05, 0) is 49.6 Å². The Morgan fingerprint density at radius 1 is 1.36 bits per heavy atom. The van der Waals surface area contributed by atoms with Crippen LogP contribution in [0.2, 0.25) is 0 Å². The molecule has 6 heteroatoms. The van der Waals surface area contributed by atoms with Crippen molar-refractivity contribution in [3.05, 3.63) is 47.9 Å². The molecule has 1 atom stereocenters. The number of carbonyl (C=O) groups is 2. The van der Waals surface area contributed by atoms with E-state index in [9.17, 15) is 9.59 Å². The highest BCUT2D eigenvalue weighted by atomic mass is 16.3. The summed E-state index contributed by atoms with van der Waals surface area (Å²) < 4.78 is 5.30. The molecule has 0 bridgehead atoms. The number of hydrogen-bond donors (Lipinski definition) is 1. The van der Waals surface area contributed by atoms with Crippen molar-refractivity contribution in [3.8, 4) is 0 Å². The first-order valence-electron chi connectivity index (χ1n) is 8.63. The Kier molecular flexibility index (Phi) is 3.95. The zero-order valence-electron chi connectivity index (χ0n) is 14.2. The molecule has 1 N–H and O–H groups in total. The summed E-state index contributed by atoms with van der Waals surface area (Å²) in [5.74, 6) is 0.660. The number of anilines is 2. The molecule has 0 aliphatic carbocycles. The van der Waals surface area contributed by atoms with Gasteiger partial charge in [-0.25, -0.2) is 0 Å². The average Bonchev–Trinajstić information content (AvgIpc) is 3.14. The van der Waals surface area contributed by atoms with E-state index < -0.39 is 0 Å². The van der Waals surface area contributed by atoms with Crippen molar-refractivity contribution < 1.29 is 14.0 Å². The minimum absolute atomic E-state index is 0.0285. The van der Waals surface area contributed by atoms with E-state index in [1.54, 1.807) is 30.3 Å². The summed E-state index contributed by atoms with van der Waals surface area (Å²) in [5, 5.41) is 2.97. The molecule has 0 radical (unpaired) electrons. The van der Waals surface area contributed by atoms with Crippen LogP contribution in [-0.4, -0.2) is 36.3 Å². The van der Waals surface area contributed by atoms with Gasteiger partial charge in [-0.15, -0.1) is 0 Å². The second-order valence-electron chi connectivity index (χ2n) is 6.67. The number of furan rings is 1. The maximum absolute atomic E-state index is 12.7. The zero-order valence-corrected chi connectivity index (χ0v) is 14.2. The second kappa shape index (κ2) is 6.27. The van der Waals surface area contributed by atoms with Gasteiger partial charge in [0, 0.05) is 19.2 Å². The molecule has 1 fully saturated rings. The highest BCUT2D eigenvalue weighted by molar-refractivity contribution is 6.05. The van der Waals surface area contributed by atoms with E-state index in [2.05, 4.69) is 10.2 Å². The van der Waals surface area contributed by atoms with Crippen LogP contribution in [0.15, 0.2) is 41.0 Å². The molecule has 2 amide bonds. The Labute approximate surface area is 146 Å². The van der Waals surface area contributed by atoms with Crippen molar-refractivity contribution in [2.24, 2.45) is 0 Å². The van der Waals surface area contributed by atoms with Gasteiger partial charge in [-0.2, -0.15) is 0 Å². The van der Waals surface area contributed by atoms with Gasteiger partial charge in [0.2, 0.25) is 5.91 Å². The van der Waals surface area contributed by atoms with Crippen LogP contribution in [0.25, 0.3) is 0 Å². The molecule has 1 unspecified atom stereocenters. The molecule has 3 heterocycles. The van der Waals surface area contributed by atoms with Crippen LogP contribution in [0.1, 0.15) is 35.4 Å². The first-order chi connectivity index (χ1) is 12.1. The van der Waals surface area contributed by atoms with E-state index in [1.165, 1.54) is 0 Å². The van der Waals surface area contributed by atoms with Crippen LogP contribution in [0, 0.1) is 0 Å². The third-order valence-electron chi connectivity index (χ3n) is 4.94. The van der Waals surface area contributed by atoms with Gasteiger partial charge in [0.05, 0.1) is 24.2 Å². The highest BCUT2D eigenvalue weighted by Crippen LogP contribution is 2.36. The van der Waals surface area contributed by atoms with E-state index in [0.29, 0.717) is 12.1 Å². The number of carbonyl (C=O) groups excluding carboxylic acids is 2. The van der Waals surface area contributed by atoms with Crippen LogP contribution in [0.3, 0.4) is 0 Å². The molecule has 2 aromatic rings. The number of amides is 2. The summed E-state index contributed by atoms with van der Waals surface area (Å²) in [6.45, 7) is 1.29. The summed E-state index contributed by atoms with van der Waals surface area (Å²) in [6, 6.07) is 9.12. The molecule has 1 aromatic carbocycles. The first kappa shape index (κ1) is 15.7. The predicted octanol–water partition coefficient (Wildman–Crippen LogP) is 2.86. The fraction of sp³-hybridized carbons (Fsp3) is 0.368. The first-order valence-corrected chi connectivity index (χ1v) is 8.63. The Hall–Kier alpha value is -2.76. The number of benzene rings is 1. The summed E-state index contributed by atoms with van der Waals surface area (Å²) in [5.41, 5.74) is 2.29. The minimum atomic E-state index is -0.103. The lowest BCUT2D eigenvalue weighted by Crippen LogP contribution is -2.50. The van der Waals surface area contributed by atoms with Crippen LogP contribution < -0.4 is 10.2 Å². The van der Waals surface area contributed by atoms with Gasteiger partial charge in [-0.3, -0.25) is 9.59 Å². The molecule has 130 valence electrons.